The van der Waals surface area contributed by atoms with Crippen LogP contribution in [0.25, 0.3) is 22.2 Å². The van der Waals surface area contributed by atoms with Gasteiger partial charge in [-0.3, -0.25) is 10.1 Å². The van der Waals surface area contributed by atoms with Gasteiger partial charge in [0.05, 0.1) is 13.7 Å². The summed E-state index contributed by atoms with van der Waals surface area (Å²) < 4.78 is 5.27. The molecule has 2 aromatic heterocycles. The molecule has 0 amide bonds. The van der Waals surface area contributed by atoms with Crippen LogP contribution in [0.2, 0.25) is 0 Å². The lowest BCUT2D eigenvalue weighted by molar-refractivity contribution is 0.415. The van der Waals surface area contributed by atoms with Crippen molar-refractivity contribution >= 4 is 10.8 Å². The number of methoxy groups -OCH3 is 1. The molecule has 0 bridgehead atoms. The number of fused-ring (bicyclic) bond motifs is 1. The molecule has 26 heavy (non-hydrogen) atoms. The SMILES string of the molecule is COc1ccc2cc(CNCc3nc(-c4cccnc4)n[nH]3)ccc2c1. The summed E-state index contributed by atoms with van der Waals surface area (Å²) in [6, 6.07) is 16.3. The second kappa shape index (κ2) is 7.33. The molecule has 6 nitrogen and oxygen atoms in total. The molecule has 2 heterocycles. The van der Waals surface area contributed by atoms with Crippen molar-refractivity contribution in [1.82, 2.24) is 25.5 Å². The van der Waals surface area contributed by atoms with E-state index in [9.17, 15) is 0 Å². The lowest BCUT2D eigenvalue weighted by atomic mass is 10.1. The van der Waals surface area contributed by atoms with E-state index in [2.05, 4.69) is 49.7 Å². The Kier molecular flexibility index (Phi) is 4.57. The van der Waals surface area contributed by atoms with E-state index in [1.807, 2.05) is 24.3 Å². The van der Waals surface area contributed by atoms with Crippen molar-refractivity contribution in [2.45, 2.75) is 13.1 Å². The largest absolute Gasteiger partial charge is 0.497 e. The number of hydrogen-bond donors (Lipinski definition) is 2. The number of pyridine rings is 1. The van der Waals surface area contributed by atoms with Crippen molar-refractivity contribution in [3.05, 3.63) is 72.3 Å². The molecule has 0 saturated carbocycles. The van der Waals surface area contributed by atoms with E-state index in [1.54, 1.807) is 19.5 Å². The number of ether oxygens (including phenoxy) is 1. The minimum Gasteiger partial charge on any atom is -0.497 e. The fourth-order valence-corrected chi connectivity index (χ4v) is 2.83. The van der Waals surface area contributed by atoms with Crippen LogP contribution in [0.15, 0.2) is 60.9 Å². The molecule has 2 aromatic carbocycles. The van der Waals surface area contributed by atoms with Gasteiger partial charge < -0.3 is 10.1 Å². The molecule has 0 atom stereocenters. The Bertz CT molecular complexity index is 1010. The van der Waals surface area contributed by atoms with Crippen LogP contribution in [-0.4, -0.2) is 27.3 Å². The van der Waals surface area contributed by atoms with Gasteiger partial charge in [-0.2, -0.15) is 5.10 Å². The predicted molar refractivity (Wildman–Crippen MR) is 101 cm³/mol. The van der Waals surface area contributed by atoms with Crippen molar-refractivity contribution in [3.8, 4) is 17.1 Å². The van der Waals surface area contributed by atoms with Gasteiger partial charge in [0.25, 0.3) is 0 Å². The van der Waals surface area contributed by atoms with Gasteiger partial charge in [-0.25, -0.2) is 4.98 Å². The van der Waals surface area contributed by atoms with Crippen molar-refractivity contribution in [2.75, 3.05) is 7.11 Å². The van der Waals surface area contributed by atoms with Gasteiger partial charge in [-0.05, 0) is 46.7 Å². The molecule has 0 aliphatic rings. The highest BCUT2D eigenvalue weighted by atomic mass is 16.5. The van der Waals surface area contributed by atoms with Crippen molar-refractivity contribution in [3.63, 3.8) is 0 Å². The molecule has 6 heteroatoms. The van der Waals surface area contributed by atoms with E-state index in [0.717, 1.165) is 23.7 Å². The third kappa shape index (κ3) is 3.55. The third-order valence-corrected chi connectivity index (χ3v) is 4.18. The Morgan fingerprint density at radius 3 is 2.77 bits per heavy atom. The van der Waals surface area contributed by atoms with Crippen LogP contribution >= 0.6 is 0 Å². The number of H-pyrrole nitrogens is 1. The average Bonchev–Trinajstić information content (AvgIpc) is 3.17. The topological polar surface area (TPSA) is 75.7 Å². The predicted octanol–water partition coefficient (Wildman–Crippen LogP) is 3.32. The lowest BCUT2D eigenvalue weighted by Crippen LogP contribution is -2.13. The zero-order valence-electron chi connectivity index (χ0n) is 14.4. The summed E-state index contributed by atoms with van der Waals surface area (Å²) in [7, 11) is 1.68. The molecule has 4 aromatic rings. The maximum absolute atomic E-state index is 5.27. The number of rotatable bonds is 6. The van der Waals surface area contributed by atoms with Crippen molar-refractivity contribution in [2.24, 2.45) is 0 Å². The molecule has 130 valence electrons. The molecule has 0 unspecified atom stereocenters. The fraction of sp³-hybridized carbons (Fsp3) is 0.150. The normalized spacial score (nSPS) is 11.0. The van der Waals surface area contributed by atoms with Crippen LogP contribution in [0.3, 0.4) is 0 Å². The van der Waals surface area contributed by atoms with E-state index in [1.165, 1.54) is 16.3 Å². The number of nitrogens with zero attached hydrogens (tertiary/aromatic N) is 3. The number of aromatic amines is 1. The highest BCUT2D eigenvalue weighted by Crippen LogP contribution is 2.21. The number of hydrogen-bond acceptors (Lipinski definition) is 5. The molecule has 0 aliphatic heterocycles. The molecule has 0 spiro atoms. The summed E-state index contributed by atoms with van der Waals surface area (Å²) in [4.78, 5) is 8.59. The van der Waals surface area contributed by atoms with Crippen LogP contribution < -0.4 is 10.1 Å². The Morgan fingerprint density at radius 1 is 1.04 bits per heavy atom. The van der Waals surface area contributed by atoms with E-state index < -0.39 is 0 Å². The van der Waals surface area contributed by atoms with Gasteiger partial charge in [0.1, 0.15) is 11.6 Å². The van der Waals surface area contributed by atoms with Gasteiger partial charge in [-0.15, -0.1) is 0 Å². The Morgan fingerprint density at radius 2 is 1.92 bits per heavy atom. The van der Waals surface area contributed by atoms with Crippen molar-refractivity contribution in [1.29, 1.82) is 0 Å². The second-order valence-electron chi connectivity index (χ2n) is 6.00. The highest BCUT2D eigenvalue weighted by molar-refractivity contribution is 5.84. The Hall–Kier alpha value is -3.25. The summed E-state index contributed by atoms with van der Waals surface area (Å²) in [6.45, 7) is 1.37. The molecular weight excluding hydrogens is 326 g/mol. The first kappa shape index (κ1) is 16.2. The number of aromatic nitrogens is 4. The molecule has 2 N–H and O–H groups in total. The lowest BCUT2D eigenvalue weighted by Gasteiger charge is -2.06. The first-order chi connectivity index (χ1) is 12.8. The molecule has 0 fully saturated rings. The highest BCUT2D eigenvalue weighted by Gasteiger charge is 2.05. The van der Waals surface area contributed by atoms with Gasteiger partial charge >= 0.3 is 0 Å². The standard InChI is InChI=1S/C20H19N5O/c1-26-18-7-6-15-9-14(4-5-16(15)10-18)11-22-13-19-23-20(25-24-19)17-3-2-8-21-12-17/h2-10,12,22H,11,13H2,1H3,(H,23,24,25). The fourth-order valence-electron chi connectivity index (χ4n) is 2.83. The van der Waals surface area contributed by atoms with Crippen LogP contribution in [0.4, 0.5) is 0 Å². The van der Waals surface area contributed by atoms with Crippen LogP contribution in [0.5, 0.6) is 5.75 Å². The number of benzene rings is 2. The van der Waals surface area contributed by atoms with E-state index in [4.69, 9.17) is 4.74 Å². The monoisotopic (exact) mass is 345 g/mol. The smallest absolute Gasteiger partial charge is 0.182 e. The molecule has 0 aliphatic carbocycles. The summed E-state index contributed by atoms with van der Waals surface area (Å²) in [6.07, 6.45) is 3.49. The van der Waals surface area contributed by atoms with Gasteiger partial charge in [0, 0.05) is 24.5 Å². The minimum atomic E-state index is 0.619. The first-order valence-corrected chi connectivity index (χ1v) is 8.41. The van der Waals surface area contributed by atoms with E-state index in [0.29, 0.717) is 12.4 Å². The van der Waals surface area contributed by atoms with E-state index in [-0.39, 0.29) is 0 Å². The summed E-state index contributed by atoms with van der Waals surface area (Å²) in [5, 5.41) is 13.0. The maximum atomic E-state index is 5.27. The van der Waals surface area contributed by atoms with Gasteiger partial charge in [-0.1, -0.05) is 18.2 Å². The first-order valence-electron chi connectivity index (χ1n) is 8.41. The Labute approximate surface area is 151 Å². The quantitative estimate of drug-likeness (QED) is 0.561. The third-order valence-electron chi connectivity index (χ3n) is 4.18. The average molecular weight is 345 g/mol. The van der Waals surface area contributed by atoms with Crippen molar-refractivity contribution < 1.29 is 4.74 Å². The van der Waals surface area contributed by atoms with Gasteiger partial charge in [0.2, 0.25) is 0 Å². The van der Waals surface area contributed by atoms with E-state index >= 15 is 0 Å². The van der Waals surface area contributed by atoms with Crippen LogP contribution in [0, 0.1) is 0 Å². The number of nitrogens with one attached hydrogen (secondary N) is 2. The van der Waals surface area contributed by atoms with Crippen LogP contribution in [0.1, 0.15) is 11.4 Å². The minimum absolute atomic E-state index is 0.619. The molecular formula is C20H19N5O. The molecule has 4 rings (SSSR count). The second-order valence-corrected chi connectivity index (χ2v) is 6.00. The summed E-state index contributed by atoms with van der Waals surface area (Å²) >= 11 is 0. The zero-order chi connectivity index (χ0) is 17.8. The summed E-state index contributed by atoms with van der Waals surface area (Å²) in [5.74, 6) is 2.34. The summed E-state index contributed by atoms with van der Waals surface area (Å²) in [5.41, 5.74) is 2.12. The molecule has 0 saturated heterocycles. The van der Waals surface area contributed by atoms with Gasteiger partial charge in [0.15, 0.2) is 5.82 Å². The maximum Gasteiger partial charge on any atom is 0.182 e. The van der Waals surface area contributed by atoms with Crippen LogP contribution in [-0.2, 0) is 13.1 Å². The zero-order valence-corrected chi connectivity index (χ0v) is 14.4. The molecule has 0 radical (unpaired) electrons. The Balaban J connectivity index is 1.39.